The third-order valence-corrected chi connectivity index (χ3v) is 6.46. The van der Waals surface area contributed by atoms with Crippen LogP contribution in [0.25, 0.3) is 0 Å². The quantitative estimate of drug-likeness (QED) is 0.737. The maximum absolute atomic E-state index is 13.0. The van der Waals surface area contributed by atoms with E-state index >= 15 is 0 Å². The first-order valence-electron chi connectivity index (χ1n) is 11.3. The summed E-state index contributed by atoms with van der Waals surface area (Å²) in [5.41, 5.74) is 0.555. The molecule has 7 nitrogen and oxygen atoms in total. The molecule has 2 aromatic rings. The van der Waals surface area contributed by atoms with Crippen molar-refractivity contribution in [1.29, 1.82) is 0 Å². The first-order chi connectivity index (χ1) is 15.0. The van der Waals surface area contributed by atoms with Gasteiger partial charge in [0, 0.05) is 32.0 Å². The first kappa shape index (κ1) is 21.8. The van der Waals surface area contributed by atoms with Gasteiger partial charge in [-0.25, -0.2) is 4.98 Å². The molecule has 2 aliphatic heterocycles. The summed E-state index contributed by atoms with van der Waals surface area (Å²) in [5.74, 6) is 2.41. The second-order valence-corrected chi connectivity index (χ2v) is 9.09. The van der Waals surface area contributed by atoms with Crippen molar-refractivity contribution in [3.8, 4) is 5.75 Å². The minimum Gasteiger partial charge on any atom is -0.497 e. The number of rotatable bonds is 7. The summed E-state index contributed by atoms with van der Waals surface area (Å²) >= 11 is 0. The van der Waals surface area contributed by atoms with Gasteiger partial charge in [0.25, 0.3) is 5.91 Å². The van der Waals surface area contributed by atoms with Gasteiger partial charge in [-0.1, -0.05) is 26.0 Å². The molecule has 1 aromatic carbocycles. The fraction of sp³-hybridized carbons (Fsp3) is 0.583. The zero-order valence-corrected chi connectivity index (χ0v) is 18.8. The highest BCUT2D eigenvalue weighted by Gasteiger charge is 2.46. The Kier molecular flexibility index (Phi) is 6.62. The van der Waals surface area contributed by atoms with Crippen LogP contribution in [-0.2, 0) is 28.2 Å². The van der Waals surface area contributed by atoms with E-state index < -0.39 is 11.7 Å². The van der Waals surface area contributed by atoms with Crippen molar-refractivity contribution in [1.82, 2.24) is 19.8 Å². The number of aromatic nitrogens is 2. The lowest BCUT2D eigenvalue weighted by atomic mass is 9.88. The molecule has 3 heterocycles. The molecule has 1 aromatic heterocycles. The highest BCUT2D eigenvalue weighted by molar-refractivity contribution is 5.81. The molecular weight excluding hydrogens is 392 g/mol. The number of imidazole rings is 1. The van der Waals surface area contributed by atoms with Gasteiger partial charge in [-0.15, -0.1) is 0 Å². The maximum atomic E-state index is 13.0. The Bertz CT molecular complexity index is 869. The van der Waals surface area contributed by atoms with Gasteiger partial charge in [0.05, 0.1) is 13.7 Å². The summed E-state index contributed by atoms with van der Waals surface area (Å²) in [4.78, 5) is 20.1. The number of amides is 1. The van der Waals surface area contributed by atoms with Gasteiger partial charge >= 0.3 is 0 Å². The van der Waals surface area contributed by atoms with Crippen molar-refractivity contribution in [2.75, 3.05) is 26.7 Å². The average molecular weight is 427 g/mol. The number of fused-ring (bicyclic) bond motifs is 2. The standard InChI is InChI=1S/C24H34N4O3/c1-18(2)8-12-27-13-9-24(10-14-27)23-25-11-15-28(23)17-21(31-24)22(29)26-16-19-4-6-20(30-3)7-5-19/h4-7,11,15,18,21H,8-10,12-14,16-17H2,1-3H3,(H,26,29). The van der Waals surface area contributed by atoms with Gasteiger partial charge < -0.3 is 24.3 Å². The normalized spacial score (nSPS) is 20.6. The highest BCUT2D eigenvalue weighted by Crippen LogP contribution is 2.40. The fourth-order valence-corrected chi connectivity index (χ4v) is 4.50. The predicted molar refractivity (Wildman–Crippen MR) is 119 cm³/mol. The van der Waals surface area contributed by atoms with E-state index in [9.17, 15) is 4.79 Å². The van der Waals surface area contributed by atoms with E-state index in [1.165, 1.54) is 6.42 Å². The van der Waals surface area contributed by atoms with E-state index in [4.69, 9.17) is 9.47 Å². The van der Waals surface area contributed by atoms with Crippen molar-refractivity contribution in [3.63, 3.8) is 0 Å². The molecule has 0 radical (unpaired) electrons. The summed E-state index contributed by atoms with van der Waals surface area (Å²) in [6, 6.07) is 7.73. The van der Waals surface area contributed by atoms with Crippen molar-refractivity contribution < 1.29 is 14.3 Å². The summed E-state index contributed by atoms with van der Waals surface area (Å²) in [6.07, 6.45) is 6.22. The van der Waals surface area contributed by atoms with Crippen LogP contribution in [0.15, 0.2) is 36.7 Å². The molecule has 1 saturated heterocycles. The van der Waals surface area contributed by atoms with Crippen molar-refractivity contribution >= 4 is 5.91 Å². The Morgan fingerprint density at radius 3 is 2.71 bits per heavy atom. The summed E-state index contributed by atoms with van der Waals surface area (Å²) in [6.45, 7) is 8.56. The van der Waals surface area contributed by atoms with Gasteiger partial charge in [-0.05, 0) is 49.4 Å². The number of hydrogen-bond donors (Lipinski definition) is 1. The molecule has 2 aliphatic rings. The molecule has 0 aliphatic carbocycles. The topological polar surface area (TPSA) is 68.6 Å². The molecule has 1 unspecified atom stereocenters. The molecule has 31 heavy (non-hydrogen) atoms. The molecular formula is C24H34N4O3. The molecule has 1 spiro atoms. The lowest BCUT2D eigenvalue weighted by molar-refractivity contribution is -0.173. The number of carbonyl (C=O) groups is 1. The molecule has 1 atom stereocenters. The molecule has 1 fully saturated rings. The van der Waals surface area contributed by atoms with Crippen LogP contribution < -0.4 is 10.1 Å². The molecule has 0 saturated carbocycles. The van der Waals surface area contributed by atoms with Gasteiger partial charge in [0.1, 0.15) is 17.2 Å². The van der Waals surface area contributed by atoms with Crippen molar-refractivity contribution in [2.45, 2.75) is 57.9 Å². The second kappa shape index (κ2) is 9.40. The number of benzene rings is 1. The van der Waals surface area contributed by atoms with E-state index in [-0.39, 0.29) is 5.91 Å². The Morgan fingerprint density at radius 1 is 1.29 bits per heavy atom. The summed E-state index contributed by atoms with van der Waals surface area (Å²) in [5, 5.41) is 3.04. The SMILES string of the molecule is COc1ccc(CNC(=O)C2Cn3ccnc3C3(CCN(CCC(C)C)CC3)O2)cc1. The van der Waals surface area contributed by atoms with Crippen LogP contribution >= 0.6 is 0 Å². The number of methoxy groups -OCH3 is 1. The molecule has 1 amide bonds. The lowest BCUT2D eigenvalue weighted by Gasteiger charge is -2.45. The number of hydrogen-bond acceptors (Lipinski definition) is 5. The maximum Gasteiger partial charge on any atom is 0.251 e. The smallest absolute Gasteiger partial charge is 0.251 e. The van der Waals surface area contributed by atoms with Gasteiger partial charge in [0.2, 0.25) is 0 Å². The summed E-state index contributed by atoms with van der Waals surface area (Å²) in [7, 11) is 1.65. The zero-order valence-electron chi connectivity index (χ0n) is 18.8. The van der Waals surface area contributed by atoms with Gasteiger partial charge in [-0.2, -0.15) is 0 Å². The average Bonchev–Trinajstić information content (AvgIpc) is 3.27. The fourth-order valence-electron chi connectivity index (χ4n) is 4.50. The monoisotopic (exact) mass is 426 g/mol. The third kappa shape index (κ3) is 4.93. The minimum absolute atomic E-state index is 0.0724. The van der Waals surface area contributed by atoms with Crippen LogP contribution in [0, 0.1) is 5.92 Å². The number of ether oxygens (including phenoxy) is 2. The Balaban J connectivity index is 1.39. The van der Waals surface area contributed by atoms with E-state index in [1.54, 1.807) is 7.11 Å². The second-order valence-electron chi connectivity index (χ2n) is 9.09. The van der Waals surface area contributed by atoms with Crippen molar-refractivity contribution in [2.24, 2.45) is 5.92 Å². The van der Waals surface area contributed by atoms with Crippen molar-refractivity contribution in [3.05, 3.63) is 48.0 Å². The molecule has 1 N–H and O–H groups in total. The van der Waals surface area contributed by atoms with Gasteiger partial charge in [-0.3, -0.25) is 4.79 Å². The number of carbonyl (C=O) groups excluding carboxylic acids is 1. The Morgan fingerprint density at radius 2 is 2.03 bits per heavy atom. The van der Waals surface area contributed by atoms with Crippen LogP contribution in [0.1, 0.15) is 44.5 Å². The van der Waals surface area contributed by atoms with E-state index in [0.29, 0.717) is 19.0 Å². The predicted octanol–water partition coefficient (Wildman–Crippen LogP) is 2.94. The van der Waals surface area contributed by atoms with Crippen LogP contribution in [-0.4, -0.2) is 53.2 Å². The molecule has 0 bridgehead atoms. The minimum atomic E-state index is -0.512. The van der Waals surface area contributed by atoms with Crippen LogP contribution in [0.2, 0.25) is 0 Å². The number of nitrogens with one attached hydrogen (secondary N) is 1. The lowest BCUT2D eigenvalue weighted by Crippen LogP contribution is -2.54. The number of likely N-dealkylation sites (tertiary alicyclic amines) is 1. The van der Waals surface area contributed by atoms with Gasteiger partial charge in [0.15, 0.2) is 6.10 Å². The Hall–Kier alpha value is -2.38. The Labute approximate surface area is 184 Å². The zero-order chi connectivity index (χ0) is 21.8. The summed E-state index contributed by atoms with van der Waals surface area (Å²) < 4.78 is 13.8. The molecule has 168 valence electrons. The first-order valence-corrected chi connectivity index (χ1v) is 11.3. The van der Waals surface area contributed by atoms with Crippen LogP contribution in [0.4, 0.5) is 0 Å². The molecule has 4 rings (SSSR count). The van der Waals surface area contributed by atoms with Crippen LogP contribution in [0.5, 0.6) is 5.75 Å². The van der Waals surface area contributed by atoms with E-state index in [0.717, 1.165) is 49.6 Å². The molecule has 7 heteroatoms. The largest absolute Gasteiger partial charge is 0.497 e. The van der Waals surface area contributed by atoms with E-state index in [1.807, 2.05) is 36.7 Å². The number of piperidine rings is 1. The van der Waals surface area contributed by atoms with E-state index in [2.05, 4.69) is 33.6 Å². The third-order valence-electron chi connectivity index (χ3n) is 6.46. The van der Waals surface area contributed by atoms with Crippen LogP contribution in [0.3, 0.4) is 0 Å². The number of nitrogens with zero attached hydrogens (tertiary/aromatic N) is 3. The highest BCUT2D eigenvalue weighted by atomic mass is 16.5.